The van der Waals surface area contributed by atoms with Gasteiger partial charge < -0.3 is 18.9 Å². The topological polar surface area (TPSA) is 57.2 Å². The minimum absolute atomic E-state index is 0.120. The second kappa shape index (κ2) is 10.4. The number of hydrogen-bond acceptors (Lipinski definition) is 7. The van der Waals surface area contributed by atoms with Crippen molar-refractivity contribution in [1.29, 1.82) is 0 Å². The molecule has 2 aromatic rings. The van der Waals surface area contributed by atoms with Crippen molar-refractivity contribution in [1.82, 2.24) is 4.90 Å². The first kappa shape index (κ1) is 22.0. The maximum atomic E-state index is 12.3. The summed E-state index contributed by atoms with van der Waals surface area (Å²) < 4.78 is 22.9. The molecule has 0 aromatic heterocycles. The summed E-state index contributed by atoms with van der Waals surface area (Å²) in [4.78, 5) is 14.3. The molecule has 8 heteroatoms. The van der Waals surface area contributed by atoms with Crippen molar-refractivity contribution in [3.8, 4) is 23.0 Å². The third kappa shape index (κ3) is 5.25. The molecule has 1 amide bonds. The highest BCUT2D eigenvalue weighted by atomic mass is 32.2. The normalized spacial score (nSPS) is 14.9. The first-order chi connectivity index (χ1) is 14.5. The van der Waals surface area contributed by atoms with E-state index in [-0.39, 0.29) is 5.91 Å². The van der Waals surface area contributed by atoms with E-state index in [1.54, 1.807) is 27.3 Å². The Hall–Kier alpha value is -2.71. The van der Waals surface area contributed by atoms with Crippen LogP contribution in [0.4, 0.5) is 0 Å². The molecule has 0 aliphatic carbocycles. The van der Waals surface area contributed by atoms with Crippen LogP contribution in [0, 0.1) is 0 Å². The summed E-state index contributed by atoms with van der Waals surface area (Å²) in [7, 11) is 4.88. The Kier molecular flexibility index (Phi) is 7.59. The SMILES string of the molecule is COc1cccc(OCCCOc2c(C=C3SC(=S)N(C)C3=O)cccc2OC)c1. The van der Waals surface area contributed by atoms with Gasteiger partial charge in [-0.1, -0.05) is 42.2 Å². The van der Waals surface area contributed by atoms with Gasteiger partial charge in [-0.05, 0) is 24.3 Å². The van der Waals surface area contributed by atoms with Crippen molar-refractivity contribution < 1.29 is 23.7 Å². The molecule has 1 saturated heterocycles. The molecule has 30 heavy (non-hydrogen) atoms. The molecule has 0 atom stereocenters. The van der Waals surface area contributed by atoms with Crippen molar-refractivity contribution in [2.75, 3.05) is 34.5 Å². The Balaban J connectivity index is 1.64. The lowest BCUT2D eigenvalue weighted by atomic mass is 10.1. The average Bonchev–Trinajstić information content (AvgIpc) is 3.00. The van der Waals surface area contributed by atoms with Crippen LogP contribution in [0.25, 0.3) is 6.08 Å². The number of thioether (sulfide) groups is 1. The molecule has 0 spiro atoms. The van der Waals surface area contributed by atoms with Gasteiger partial charge in [0.25, 0.3) is 5.91 Å². The van der Waals surface area contributed by atoms with Crippen molar-refractivity contribution >= 4 is 40.3 Å². The Morgan fingerprint density at radius 1 is 1.03 bits per heavy atom. The summed E-state index contributed by atoms with van der Waals surface area (Å²) in [6.45, 7) is 0.923. The van der Waals surface area contributed by atoms with Crippen LogP contribution in [0.3, 0.4) is 0 Å². The number of methoxy groups -OCH3 is 2. The highest BCUT2D eigenvalue weighted by Crippen LogP contribution is 2.37. The van der Waals surface area contributed by atoms with Crippen LogP contribution in [0.15, 0.2) is 47.4 Å². The minimum atomic E-state index is -0.120. The Morgan fingerprint density at radius 3 is 2.47 bits per heavy atom. The molecule has 0 radical (unpaired) electrons. The molecule has 2 aromatic carbocycles. The summed E-state index contributed by atoms with van der Waals surface area (Å²) in [6, 6.07) is 13.0. The van der Waals surface area contributed by atoms with E-state index in [1.807, 2.05) is 42.5 Å². The van der Waals surface area contributed by atoms with Crippen LogP contribution in [0.5, 0.6) is 23.0 Å². The van der Waals surface area contributed by atoms with Crippen LogP contribution in [-0.4, -0.2) is 49.6 Å². The Bertz CT molecular complexity index is 960. The zero-order valence-electron chi connectivity index (χ0n) is 17.0. The molecule has 0 saturated carbocycles. The Labute approximate surface area is 185 Å². The molecule has 1 aliphatic rings. The van der Waals surface area contributed by atoms with E-state index in [1.165, 1.54) is 16.7 Å². The van der Waals surface area contributed by atoms with E-state index in [2.05, 4.69) is 0 Å². The van der Waals surface area contributed by atoms with Gasteiger partial charge in [-0.25, -0.2) is 0 Å². The highest BCUT2D eigenvalue weighted by Gasteiger charge is 2.29. The quantitative estimate of drug-likeness (QED) is 0.322. The zero-order valence-corrected chi connectivity index (χ0v) is 18.7. The molecular formula is C22H23NO5S2. The largest absolute Gasteiger partial charge is 0.497 e. The van der Waals surface area contributed by atoms with Crippen molar-refractivity contribution in [3.63, 3.8) is 0 Å². The fraction of sp³-hybridized carbons (Fsp3) is 0.273. The van der Waals surface area contributed by atoms with E-state index in [9.17, 15) is 4.79 Å². The third-order valence-corrected chi connectivity index (χ3v) is 5.83. The maximum Gasteiger partial charge on any atom is 0.265 e. The number of carbonyl (C=O) groups excluding carboxylic acids is 1. The van der Waals surface area contributed by atoms with Crippen LogP contribution < -0.4 is 18.9 Å². The molecule has 3 rings (SSSR count). The lowest BCUT2D eigenvalue weighted by molar-refractivity contribution is -0.121. The predicted molar refractivity (Wildman–Crippen MR) is 123 cm³/mol. The minimum Gasteiger partial charge on any atom is -0.497 e. The number of nitrogens with zero attached hydrogens (tertiary/aromatic N) is 1. The van der Waals surface area contributed by atoms with Crippen molar-refractivity contribution in [2.45, 2.75) is 6.42 Å². The summed E-state index contributed by atoms with van der Waals surface area (Å²) >= 11 is 6.47. The van der Waals surface area contributed by atoms with E-state index >= 15 is 0 Å². The summed E-state index contributed by atoms with van der Waals surface area (Å²) in [5, 5.41) is 0. The third-order valence-electron chi connectivity index (χ3n) is 4.35. The van der Waals surface area contributed by atoms with Gasteiger partial charge >= 0.3 is 0 Å². The number of benzene rings is 2. The van der Waals surface area contributed by atoms with E-state index in [4.69, 9.17) is 31.2 Å². The highest BCUT2D eigenvalue weighted by molar-refractivity contribution is 8.26. The van der Waals surface area contributed by atoms with E-state index < -0.39 is 0 Å². The number of thiocarbonyl (C=S) groups is 1. The van der Waals surface area contributed by atoms with Gasteiger partial charge in [-0.2, -0.15) is 0 Å². The average molecular weight is 446 g/mol. The lowest BCUT2D eigenvalue weighted by Gasteiger charge is -2.14. The number of carbonyl (C=O) groups is 1. The second-order valence-corrected chi connectivity index (χ2v) is 8.02. The zero-order chi connectivity index (χ0) is 21.5. The molecule has 0 N–H and O–H groups in total. The van der Waals surface area contributed by atoms with Gasteiger partial charge in [0.1, 0.15) is 15.8 Å². The van der Waals surface area contributed by atoms with Crippen LogP contribution in [0.1, 0.15) is 12.0 Å². The van der Waals surface area contributed by atoms with Crippen LogP contribution in [-0.2, 0) is 4.79 Å². The predicted octanol–water partition coefficient (Wildman–Crippen LogP) is 4.38. The monoisotopic (exact) mass is 445 g/mol. The van der Waals surface area contributed by atoms with Crippen molar-refractivity contribution in [3.05, 3.63) is 52.9 Å². The maximum absolute atomic E-state index is 12.3. The summed E-state index contributed by atoms with van der Waals surface area (Å²) in [5.41, 5.74) is 0.761. The molecule has 0 unspecified atom stereocenters. The van der Waals surface area contributed by atoms with Crippen LogP contribution in [0.2, 0.25) is 0 Å². The molecule has 1 fully saturated rings. The van der Waals surface area contributed by atoms with Crippen molar-refractivity contribution in [2.24, 2.45) is 0 Å². The van der Waals surface area contributed by atoms with Gasteiger partial charge in [0.05, 0.1) is 32.3 Å². The number of likely N-dealkylation sites (N-methyl/N-ethyl adjacent to an activating group) is 1. The number of ether oxygens (including phenoxy) is 4. The molecule has 0 bridgehead atoms. The molecular weight excluding hydrogens is 422 g/mol. The Morgan fingerprint density at radius 2 is 1.77 bits per heavy atom. The number of hydrogen-bond donors (Lipinski definition) is 0. The first-order valence-corrected chi connectivity index (χ1v) is 10.5. The van der Waals surface area contributed by atoms with Gasteiger partial charge in [0.2, 0.25) is 0 Å². The fourth-order valence-electron chi connectivity index (χ4n) is 2.76. The molecule has 1 heterocycles. The summed E-state index contributed by atoms with van der Waals surface area (Å²) in [5.74, 6) is 2.56. The molecule has 158 valence electrons. The number of amides is 1. The van der Waals surface area contributed by atoms with Gasteiger partial charge in [-0.15, -0.1) is 0 Å². The van der Waals surface area contributed by atoms with Gasteiger partial charge in [-0.3, -0.25) is 9.69 Å². The summed E-state index contributed by atoms with van der Waals surface area (Å²) in [6.07, 6.45) is 2.46. The first-order valence-electron chi connectivity index (χ1n) is 9.31. The fourth-order valence-corrected chi connectivity index (χ4v) is 3.93. The second-order valence-electron chi connectivity index (χ2n) is 6.35. The van der Waals surface area contributed by atoms with E-state index in [0.717, 1.165) is 17.1 Å². The van der Waals surface area contributed by atoms with Crippen LogP contribution >= 0.6 is 24.0 Å². The van der Waals surface area contributed by atoms with Gasteiger partial charge in [0.15, 0.2) is 11.5 Å². The number of rotatable bonds is 9. The van der Waals surface area contributed by atoms with E-state index in [0.29, 0.717) is 40.4 Å². The number of para-hydroxylation sites is 1. The lowest BCUT2D eigenvalue weighted by Crippen LogP contribution is -2.22. The standard InChI is InChI=1S/C22H23NO5S2/c1-23-21(24)19(30-22(23)29)13-15-7-4-10-18(26-3)20(15)28-12-6-11-27-17-9-5-8-16(14-17)25-2/h4-5,7-10,13-14H,6,11-12H2,1-3H3. The van der Waals surface area contributed by atoms with Gasteiger partial charge in [0, 0.05) is 25.1 Å². The molecule has 1 aliphatic heterocycles. The molecule has 6 nitrogen and oxygen atoms in total. The smallest absolute Gasteiger partial charge is 0.265 e.